The Morgan fingerprint density at radius 3 is 2.35 bits per heavy atom. The van der Waals surface area contributed by atoms with E-state index in [1.807, 2.05) is 0 Å². The molecule has 34 heavy (non-hydrogen) atoms. The number of amides is 3. The number of hydrogen-bond acceptors (Lipinski definition) is 8. The number of unbranched alkanes of at least 4 members (excludes halogenated alkanes) is 1. The van der Waals surface area contributed by atoms with Crippen LogP contribution in [0.4, 0.5) is 4.79 Å². The minimum Gasteiger partial charge on any atom is -0.480 e. The van der Waals surface area contributed by atoms with E-state index in [9.17, 15) is 24.3 Å². The Labute approximate surface area is 195 Å². The molecular formula is C22H27N5O7. The van der Waals surface area contributed by atoms with E-state index in [1.165, 1.54) is 0 Å². The number of aryl methyl sites for hydroxylation is 1. The highest BCUT2D eigenvalue weighted by molar-refractivity contribution is 6.20. The molecule has 0 aliphatic carbocycles. The second-order valence-corrected chi connectivity index (χ2v) is 8.73. The Morgan fingerprint density at radius 2 is 1.76 bits per heavy atom. The number of alkyl carbamates (subject to hydrolysis) is 1. The SMILES string of the molecule is CC(C)(C)OC(=O)NC(CCCCn1cc(CON2C(=O)c3ccccc3C2=O)nn1)C(=O)O. The van der Waals surface area contributed by atoms with Crippen molar-refractivity contribution in [2.24, 2.45) is 0 Å². The number of nitrogens with zero attached hydrogens (tertiary/aromatic N) is 4. The standard InChI is InChI=1S/C22H27N5O7/c1-22(2,3)34-21(32)23-17(20(30)31)10-6-7-11-26-12-14(24-25-26)13-33-27-18(28)15-8-4-5-9-16(15)19(27)29/h4-5,8-9,12,17H,6-7,10-11,13H2,1-3H3,(H,23,32)(H,30,31). The van der Waals surface area contributed by atoms with Crippen LogP contribution in [0.1, 0.15) is 66.4 Å². The number of hydroxylamine groups is 2. The van der Waals surface area contributed by atoms with Crippen molar-refractivity contribution in [1.29, 1.82) is 0 Å². The van der Waals surface area contributed by atoms with Crippen molar-refractivity contribution in [2.75, 3.05) is 0 Å². The minimum atomic E-state index is -1.14. The van der Waals surface area contributed by atoms with E-state index in [0.29, 0.717) is 30.1 Å². The van der Waals surface area contributed by atoms with Gasteiger partial charge < -0.3 is 15.2 Å². The predicted molar refractivity (Wildman–Crippen MR) is 116 cm³/mol. The van der Waals surface area contributed by atoms with Crippen molar-refractivity contribution in [3.05, 3.63) is 47.3 Å². The third-order valence-corrected chi connectivity index (χ3v) is 4.80. The zero-order chi connectivity index (χ0) is 24.9. The van der Waals surface area contributed by atoms with E-state index in [-0.39, 0.29) is 24.2 Å². The molecular weight excluding hydrogens is 446 g/mol. The number of nitrogens with one attached hydrogen (secondary N) is 1. The first-order valence-corrected chi connectivity index (χ1v) is 10.8. The van der Waals surface area contributed by atoms with Gasteiger partial charge in [0.2, 0.25) is 0 Å². The number of carbonyl (C=O) groups excluding carboxylic acids is 3. The molecule has 1 aromatic heterocycles. The van der Waals surface area contributed by atoms with Crippen LogP contribution in [0.2, 0.25) is 0 Å². The van der Waals surface area contributed by atoms with Gasteiger partial charge >= 0.3 is 12.1 Å². The fourth-order valence-electron chi connectivity index (χ4n) is 3.26. The molecule has 12 nitrogen and oxygen atoms in total. The van der Waals surface area contributed by atoms with Crippen LogP contribution >= 0.6 is 0 Å². The predicted octanol–water partition coefficient (Wildman–Crippen LogP) is 2.15. The summed E-state index contributed by atoms with van der Waals surface area (Å²) >= 11 is 0. The molecule has 1 aliphatic rings. The van der Waals surface area contributed by atoms with Crippen LogP contribution in [0.5, 0.6) is 0 Å². The smallest absolute Gasteiger partial charge is 0.408 e. The van der Waals surface area contributed by atoms with Gasteiger partial charge in [-0.25, -0.2) is 9.59 Å². The molecule has 182 valence electrons. The monoisotopic (exact) mass is 473 g/mol. The maximum Gasteiger partial charge on any atom is 0.408 e. The Kier molecular flexibility index (Phi) is 7.61. The van der Waals surface area contributed by atoms with Crippen molar-refractivity contribution in [3.8, 4) is 0 Å². The quantitative estimate of drug-likeness (QED) is 0.390. The van der Waals surface area contributed by atoms with Crippen molar-refractivity contribution >= 4 is 23.9 Å². The first-order valence-electron chi connectivity index (χ1n) is 10.8. The molecule has 0 spiro atoms. The highest BCUT2D eigenvalue weighted by Gasteiger charge is 2.36. The Bertz CT molecular complexity index is 1040. The fraction of sp³-hybridized carbons (Fsp3) is 0.455. The lowest BCUT2D eigenvalue weighted by Gasteiger charge is -2.22. The number of carboxylic acids is 1. The van der Waals surface area contributed by atoms with Crippen LogP contribution in [-0.4, -0.2) is 60.7 Å². The first-order chi connectivity index (χ1) is 16.0. The molecule has 12 heteroatoms. The number of hydrogen-bond donors (Lipinski definition) is 2. The molecule has 0 fully saturated rings. The normalized spacial score (nSPS) is 14.1. The molecule has 1 unspecified atom stereocenters. The average Bonchev–Trinajstić information content (AvgIpc) is 3.30. The maximum absolute atomic E-state index is 12.3. The first kappa shape index (κ1) is 24.8. The summed E-state index contributed by atoms with van der Waals surface area (Å²) in [7, 11) is 0. The van der Waals surface area contributed by atoms with E-state index in [2.05, 4.69) is 15.6 Å². The number of imide groups is 1. The number of aliphatic carboxylic acids is 1. The number of benzene rings is 1. The van der Waals surface area contributed by atoms with Crippen LogP contribution in [0.15, 0.2) is 30.5 Å². The number of ether oxygens (including phenoxy) is 1. The molecule has 2 heterocycles. The van der Waals surface area contributed by atoms with Gasteiger partial charge in [-0.3, -0.25) is 19.1 Å². The largest absolute Gasteiger partial charge is 0.480 e. The van der Waals surface area contributed by atoms with E-state index in [0.717, 1.165) is 0 Å². The summed E-state index contributed by atoms with van der Waals surface area (Å²) in [6.07, 6.45) is 2.15. The fourth-order valence-corrected chi connectivity index (χ4v) is 3.26. The lowest BCUT2D eigenvalue weighted by Crippen LogP contribution is -2.43. The molecule has 1 atom stereocenters. The van der Waals surface area contributed by atoms with Gasteiger partial charge in [-0.05, 0) is 52.2 Å². The maximum atomic E-state index is 12.3. The number of fused-ring (bicyclic) bond motifs is 1. The zero-order valence-electron chi connectivity index (χ0n) is 19.2. The molecule has 2 N–H and O–H groups in total. The van der Waals surface area contributed by atoms with Crippen LogP contribution in [-0.2, 0) is 27.5 Å². The lowest BCUT2D eigenvalue weighted by atomic mass is 10.1. The summed E-state index contributed by atoms with van der Waals surface area (Å²) < 4.78 is 6.65. The van der Waals surface area contributed by atoms with E-state index in [4.69, 9.17) is 9.57 Å². The molecule has 2 aromatic rings. The van der Waals surface area contributed by atoms with Gasteiger partial charge in [0.25, 0.3) is 11.8 Å². The highest BCUT2D eigenvalue weighted by Crippen LogP contribution is 2.23. The zero-order valence-corrected chi connectivity index (χ0v) is 19.2. The van der Waals surface area contributed by atoms with Crippen LogP contribution < -0.4 is 5.32 Å². The van der Waals surface area contributed by atoms with Crippen molar-refractivity contribution < 1.29 is 33.9 Å². The Morgan fingerprint density at radius 1 is 1.12 bits per heavy atom. The summed E-state index contributed by atoms with van der Waals surface area (Å²) in [6, 6.07) is 5.41. The molecule has 0 saturated heterocycles. The molecule has 3 rings (SSSR count). The minimum absolute atomic E-state index is 0.119. The van der Waals surface area contributed by atoms with E-state index in [1.54, 1.807) is 55.9 Å². The van der Waals surface area contributed by atoms with Gasteiger partial charge in [-0.15, -0.1) is 10.2 Å². The summed E-state index contributed by atoms with van der Waals surface area (Å²) in [5, 5.41) is 20.3. The third-order valence-electron chi connectivity index (χ3n) is 4.80. The summed E-state index contributed by atoms with van der Waals surface area (Å²) in [6.45, 7) is 5.42. The molecule has 1 aliphatic heterocycles. The van der Waals surface area contributed by atoms with Crippen molar-refractivity contribution in [3.63, 3.8) is 0 Å². The molecule has 0 radical (unpaired) electrons. The van der Waals surface area contributed by atoms with Gasteiger partial charge in [0.15, 0.2) is 0 Å². The second-order valence-electron chi connectivity index (χ2n) is 8.73. The third kappa shape index (κ3) is 6.38. The number of carboxylic acid groups (broad SMARTS) is 1. The van der Waals surface area contributed by atoms with Gasteiger partial charge in [0, 0.05) is 6.54 Å². The second kappa shape index (κ2) is 10.4. The van der Waals surface area contributed by atoms with Crippen LogP contribution in [0, 0.1) is 0 Å². The van der Waals surface area contributed by atoms with E-state index < -0.39 is 35.5 Å². The average molecular weight is 473 g/mol. The van der Waals surface area contributed by atoms with Crippen molar-refractivity contribution in [2.45, 2.75) is 64.8 Å². The Hall–Kier alpha value is -3.80. The number of carbonyl (C=O) groups is 4. The van der Waals surface area contributed by atoms with Crippen LogP contribution in [0.3, 0.4) is 0 Å². The molecule has 3 amide bonds. The Balaban J connectivity index is 1.42. The van der Waals surface area contributed by atoms with Gasteiger partial charge in [-0.2, -0.15) is 0 Å². The molecule has 0 saturated carbocycles. The molecule has 0 bridgehead atoms. The van der Waals surface area contributed by atoms with Crippen molar-refractivity contribution in [1.82, 2.24) is 25.4 Å². The van der Waals surface area contributed by atoms with Crippen LogP contribution in [0.25, 0.3) is 0 Å². The number of rotatable bonds is 10. The topological polar surface area (TPSA) is 153 Å². The summed E-state index contributed by atoms with van der Waals surface area (Å²) in [5.41, 5.74) is 0.279. The summed E-state index contributed by atoms with van der Waals surface area (Å²) in [4.78, 5) is 53.2. The summed E-state index contributed by atoms with van der Waals surface area (Å²) in [5.74, 6) is -2.19. The van der Waals surface area contributed by atoms with E-state index >= 15 is 0 Å². The van der Waals surface area contributed by atoms with Gasteiger partial charge in [0.05, 0.1) is 17.3 Å². The lowest BCUT2D eigenvalue weighted by molar-refractivity contribution is -0.139. The highest BCUT2D eigenvalue weighted by atomic mass is 16.7. The van der Waals surface area contributed by atoms with Gasteiger partial charge in [0.1, 0.15) is 23.9 Å². The van der Waals surface area contributed by atoms with Gasteiger partial charge in [-0.1, -0.05) is 17.3 Å². The number of aromatic nitrogens is 3. The molecule has 1 aromatic carbocycles.